The zero-order chi connectivity index (χ0) is 12.5. The van der Waals surface area contributed by atoms with Crippen molar-refractivity contribution < 1.29 is 18.1 Å². The molecule has 86 valence electrons. The van der Waals surface area contributed by atoms with Crippen molar-refractivity contribution in [3.05, 3.63) is 32.7 Å². The predicted molar refractivity (Wildman–Crippen MR) is 48.0 cm³/mol. The van der Waals surface area contributed by atoms with E-state index >= 15 is 0 Å². The molecule has 0 bridgehead atoms. The van der Waals surface area contributed by atoms with Gasteiger partial charge in [-0.1, -0.05) is 0 Å². The highest BCUT2D eigenvalue weighted by molar-refractivity contribution is 5.74. The molecule has 9 heteroatoms. The number of hydrogen-bond donors (Lipinski definition) is 1. The van der Waals surface area contributed by atoms with Crippen molar-refractivity contribution in [3.8, 4) is 0 Å². The van der Waals surface area contributed by atoms with Crippen molar-refractivity contribution in [2.24, 2.45) is 5.18 Å². The fourth-order valence-corrected chi connectivity index (χ4v) is 1.01. The van der Waals surface area contributed by atoms with Crippen LogP contribution in [0.15, 0.2) is 17.3 Å². The number of nitrogen functional groups attached to an aromatic ring is 1. The molecule has 0 aromatic heterocycles. The molecule has 0 radical (unpaired) electrons. The number of benzene rings is 1. The molecule has 0 atom stereocenters. The Balaban J connectivity index is 3.52. The van der Waals surface area contributed by atoms with E-state index in [0.29, 0.717) is 6.07 Å². The summed E-state index contributed by atoms with van der Waals surface area (Å²) in [6.07, 6.45) is -4.81. The molecule has 0 fully saturated rings. The number of rotatable bonds is 2. The third kappa shape index (κ3) is 2.07. The van der Waals surface area contributed by atoms with Gasteiger partial charge < -0.3 is 5.73 Å². The summed E-state index contributed by atoms with van der Waals surface area (Å²) in [7, 11) is 0. The van der Waals surface area contributed by atoms with Gasteiger partial charge in [-0.25, -0.2) is 0 Å². The van der Waals surface area contributed by atoms with Crippen LogP contribution in [-0.4, -0.2) is 4.92 Å². The Morgan fingerprint density at radius 2 is 1.94 bits per heavy atom. The molecular formula is C7H4F3N3O3. The van der Waals surface area contributed by atoms with Gasteiger partial charge in [0.2, 0.25) is 0 Å². The zero-order valence-corrected chi connectivity index (χ0v) is 7.49. The standard InChI is InChI=1S/C7H4F3N3O3/c8-7(9,10)3-1-4(12-14)6(11)5(2-3)13(15)16/h1-2H,11H2. The van der Waals surface area contributed by atoms with Gasteiger partial charge in [0, 0.05) is 6.07 Å². The number of hydrogen-bond acceptors (Lipinski definition) is 5. The SMILES string of the molecule is Nc1c(N=O)cc(C(F)(F)F)cc1[N+](=O)[O-]. The van der Waals surface area contributed by atoms with Crippen molar-refractivity contribution in [1.29, 1.82) is 0 Å². The highest BCUT2D eigenvalue weighted by Crippen LogP contribution is 2.39. The van der Waals surface area contributed by atoms with Crippen molar-refractivity contribution >= 4 is 17.1 Å². The first-order chi connectivity index (χ1) is 7.27. The lowest BCUT2D eigenvalue weighted by atomic mass is 10.1. The lowest BCUT2D eigenvalue weighted by Gasteiger charge is -2.07. The average Bonchev–Trinajstić information content (AvgIpc) is 2.15. The Kier molecular flexibility index (Phi) is 2.79. The summed E-state index contributed by atoms with van der Waals surface area (Å²) < 4.78 is 36.8. The zero-order valence-electron chi connectivity index (χ0n) is 7.49. The fourth-order valence-electron chi connectivity index (χ4n) is 1.01. The van der Waals surface area contributed by atoms with Crippen LogP contribution >= 0.6 is 0 Å². The molecule has 0 unspecified atom stereocenters. The molecular weight excluding hydrogens is 231 g/mol. The molecule has 2 N–H and O–H groups in total. The van der Waals surface area contributed by atoms with Gasteiger partial charge in [0.1, 0.15) is 11.4 Å². The molecule has 0 saturated carbocycles. The van der Waals surface area contributed by atoms with E-state index in [4.69, 9.17) is 5.73 Å². The van der Waals surface area contributed by atoms with Crippen LogP contribution in [0.1, 0.15) is 5.56 Å². The number of nitrogens with two attached hydrogens (primary N) is 1. The van der Waals surface area contributed by atoms with Gasteiger partial charge in [-0.2, -0.15) is 13.2 Å². The van der Waals surface area contributed by atoms with Gasteiger partial charge in [-0.3, -0.25) is 10.1 Å². The minimum atomic E-state index is -4.81. The van der Waals surface area contributed by atoms with Crippen molar-refractivity contribution in [2.75, 3.05) is 5.73 Å². The number of nitroso groups, excluding NO2 is 1. The van der Waals surface area contributed by atoms with Crippen molar-refractivity contribution in [3.63, 3.8) is 0 Å². The molecule has 0 amide bonds. The fraction of sp³-hybridized carbons (Fsp3) is 0.143. The molecule has 1 aromatic rings. The van der Waals surface area contributed by atoms with Crippen LogP contribution in [0.25, 0.3) is 0 Å². The van der Waals surface area contributed by atoms with Crippen LogP contribution in [0, 0.1) is 15.0 Å². The molecule has 6 nitrogen and oxygen atoms in total. The topological polar surface area (TPSA) is 98.6 Å². The maximum Gasteiger partial charge on any atom is 0.416 e. The van der Waals surface area contributed by atoms with E-state index in [9.17, 15) is 28.2 Å². The summed E-state index contributed by atoms with van der Waals surface area (Å²) in [5.41, 5.74) is 1.27. The number of nitro benzene ring substituents is 1. The van der Waals surface area contributed by atoms with Gasteiger partial charge in [0.05, 0.1) is 10.5 Å². The van der Waals surface area contributed by atoms with Crippen LogP contribution < -0.4 is 5.73 Å². The second kappa shape index (κ2) is 3.76. The summed E-state index contributed by atoms with van der Waals surface area (Å²) in [4.78, 5) is 19.4. The van der Waals surface area contributed by atoms with E-state index in [-0.39, 0.29) is 6.07 Å². The first-order valence-electron chi connectivity index (χ1n) is 3.76. The van der Waals surface area contributed by atoms with E-state index < -0.39 is 33.7 Å². The normalized spacial score (nSPS) is 11.2. The third-order valence-electron chi connectivity index (χ3n) is 1.76. The first-order valence-corrected chi connectivity index (χ1v) is 3.76. The molecule has 1 aromatic carbocycles. The predicted octanol–water partition coefficient (Wildman–Crippen LogP) is 2.59. The van der Waals surface area contributed by atoms with E-state index in [1.807, 2.05) is 0 Å². The van der Waals surface area contributed by atoms with Crippen molar-refractivity contribution in [2.45, 2.75) is 6.18 Å². The Labute approximate surface area is 86.0 Å². The second-order valence-electron chi connectivity index (χ2n) is 2.77. The lowest BCUT2D eigenvalue weighted by Crippen LogP contribution is -2.07. The highest BCUT2D eigenvalue weighted by atomic mass is 19.4. The van der Waals surface area contributed by atoms with E-state index in [2.05, 4.69) is 5.18 Å². The number of alkyl halides is 3. The third-order valence-corrected chi connectivity index (χ3v) is 1.76. The summed E-state index contributed by atoms with van der Waals surface area (Å²) in [6.45, 7) is 0. The Morgan fingerprint density at radius 1 is 1.38 bits per heavy atom. The molecule has 0 spiro atoms. The highest BCUT2D eigenvalue weighted by Gasteiger charge is 2.34. The summed E-state index contributed by atoms with van der Waals surface area (Å²) in [5, 5.41) is 12.6. The van der Waals surface area contributed by atoms with Gasteiger partial charge in [-0.05, 0) is 11.2 Å². The van der Waals surface area contributed by atoms with Crippen LogP contribution in [-0.2, 0) is 6.18 Å². The Morgan fingerprint density at radius 3 is 2.31 bits per heavy atom. The molecule has 16 heavy (non-hydrogen) atoms. The molecule has 0 heterocycles. The monoisotopic (exact) mass is 235 g/mol. The van der Waals surface area contributed by atoms with Crippen molar-refractivity contribution in [1.82, 2.24) is 0 Å². The quantitative estimate of drug-likeness (QED) is 0.368. The average molecular weight is 235 g/mol. The summed E-state index contributed by atoms with van der Waals surface area (Å²) in [6, 6.07) is 0.610. The smallest absolute Gasteiger partial charge is 0.391 e. The van der Waals surface area contributed by atoms with Crippen LogP contribution in [0.3, 0.4) is 0 Å². The molecule has 0 aliphatic rings. The number of nitro groups is 1. The summed E-state index contributed by atoms with van der Waals surface area (Å²) in [5.74, 6) is 0. The lowest BCUT2D eigenvalue weighted by molar-refractivity contribution is -0.384. The molecule has 0 saturated heterocycles. The van der Waals surface area contributed by atoms with Crippen LogP contribution in [0.5, 0.6) is 0 Å². The molecule has 1 rings (SSSR count). The van der Waals surface area contributed by atoms with E-state index in [1.165, 1.54) is 0 Å². The van der Waals surface area contributed by atoms with Gasteiger partial charge in [-0.15, -0.1) is 4.91 Å². The van der Waals surface area contributed by atoms with Crippen LogP contribution in [0.2, 0.25) is 0 Å². The largest absolute Gasteiger partial charge is 0.416 e. The van der Waals surface area contributed by atoms with Gasteiger partial charge in [0.15, 0.2) is 0 Å². The molecule has 0 aliphatic heterocycles. The van der Waals surface area contributed by atoms with Gasteiger partial charge >= 0.3 is 6.18 Å². The maximum atomic E-state index is 12.3. The van der Waals surface area contributed by atoms with E-state index in [0.717, 1.165) is 0 Å². The minimum Gasteiger partial charge on any atom is -0.391 e. The van der Waals surface area contributed by atoms with Gasteiger partial charge in [0.25, 0.3) is 5.69 Å². The molecule has 0 aliphatic carbocycles. The van der Waals surface area contributed by atoms with E-state index in [1.54, 1.807) is 0 Å². The minimum absolute atomic E-state index is 0.254. The summed E-state index contributed by atoms with van der Waals surface area (Å²) >= 11 is 0. The Bertz CT molecular complexity index is 458. The van der Waals surface area contributed by atoms with Crippen LogP contribution in [0.4, 0.5) is 30.2 Å². The maximum absolute atomic E-state index is 12.3. The number of halogens is 3. The number of nitrogens with zero attached hydrogens (tertiary/aromatic N) is 2. The number of anilines is 1. The Hall–Kier alpha value is -2.19. The second-order valence-corrected chi connectivity index (χ2v) is 2.77. The first kappa shape index (κ1) is 11.9.